The Bertz CT molecular complexity index is 748. The molecule has 0 saturated carbocycles. The lowest BCUT2D eigenvalue weighted by atomic mass is 10.1. The summed E-state index contributed by atoms with van der Waals surface area (Å²) < 4.78 is 5.43. The van der Waals surface area contributed by atoms with Crippen molar-refractivity contribution < 1.29 is 9.21 Å². The highest BCUT2D eigenvalue weighted by atomic mass is 32.1. The van der Waals surface area contributed by atoms with Crippen molar-refractivity contribution in [2.75, 3.05) is 5.32 Å². The van der Waals surface area contributed by atoms with Gasteiger partial charge in [-0.3, -0.25) is 10.1 Å². The van der Waals surface area contributed by atoms with Gasteiger partial charge in [-0.1, -0.05) is 36.3 Å². The average Bonchev–Trinajstić information content (AvgIpc) is 3.19. The van der Waals surface area contributed by atoms with Crippen molar-refractivity contribution in [3.05, 3.63) is 52.2 Å². The molecule has 0 spiro atoms. The summed E-state index contributed by atoms with van der Waals surface area (Å²) in [7, 11) is 0. The normalized spacial score (nSPS) is 10.6. The molecule has 0 aliphatic heterocycles. The van der Waals surface area contributed by atoms with E-state index in [0.717, 1.165) is 17.5 Å². The molecule has 0 aliphatic carbocycles. The second-order valence-corrected chi connectivity index (χ2v) is 5.60. The molecule has 0 atom stereocenters. The van der Waals surface area contributed by atoms with Crippen LogP contribution in [0.1, 0.15) is 18.1 Å². The van der Waals surface area contributed by atoms with Crippen molar-refractivity contribution in [1.29, 1.82) is 0 Å². The summed E-state index contributed by atoms with van der Waals surface area (Å²) >= 11 is 1.55. The predicted octanol–water partition coefficient (Wildman–Crippen LogP) is 3.54. The number of carbonyl (C=O) groups excluding carboxylic acids is 1. The van der Waals surface area contributed by atoms with Gasteiger partial charge in [0.1, 0.15) is 0 Å². The molecular weight excluding hydrogens is 298 g/mol. The Hall–Kier alpha value is -2.47. The largest absolute Gasteiger partial charge is 0.403 e. The molecule has 1 aromatic carbocycles. The fraction of sp³-hybridized carbons (Fsp3) is 0.188. The maximum Gasteiger partial charge on any atom is 0.322 e. The first-order chi connectivity index (χ1) is 10.7. The molecule has 0 bridgehead atoms. The minimum absolute atomic E-state index is 0.122. The quantitative estimate of drug-likeness (QED) is 0.782. The molecule has 3 aromatic rings. The highest BCUT2D eigenvalue weighted by Gasteiger charge is 2.12. The van der Waals surface area contributed by atoms with Gasteiger partial charge < -0.3 is 4.42 Å². The fourth-order valence-corrected chi connectivity index (χ4v) is 2.65. The zero-order valence-corrected chi connectivity index (χ0v) is 12.9. The van der Waals surface area contributed by atoms with Gasteiger partial charge in [0.15, 0.2) is 0 Å². The number of aryl methyl sites for hydroxylation is 1. The molecular formula is C16H15N3O2S. The lowest BCUT2D eigenvalue weighted by molar-refractivity contribution is -0.115. The second-order valence-electron chi connectivity index (χ2n) is 4.82. The predicted molar refractivity (Wildman–Crippen MR) is 85.8 cm³/mol. The van der Waals surface area contributed by atoms with Crippen LogP contribution in [0.25, 0.3) is 11.5 Å². The van der Waals surface area contributed by atoms with Crippen LogP contribution in [-0.2, 0) is 17.6 Å². The van der Waals surface area contributed by atoms with Crippen LogP contribution < -0.4 is 5.32 Å². The van der Waals surface area contributed by atoms with Crippen LogP contribution in [0.2, 0.25) is 0 Å². The van der Waals surface area contributed by atoms with Crippen molar-refractivity contribution in [2.24, 2.45) is 0 Å². The van der Waals surface area contributed by atoms with Crippen LogP contribution in [-0.4, -0.2) is 16.1 Å². The lowest BCUT2D eigenvalue weighted by Gasteiger charge is -2.02. The number of thiophene rings is 1. The third kappa shape index (κ3) is 3.40. The van der Waals surface area contributed by atoms with Gasteiger partial charge in [-0.25, -0.2) is 0 Å². The summed E-state index contributed by atoms with van der Waals surface area (Å²) in [4.78, 5) is 12.0. The van der Waals surface area contributed by atoms with Crippen molar-refractivity contribution >= 4 is 23.3 Å². The van der Waals surface area contributed by atoms with Crippen LogP contribution in [0.4, 0.5) is 6.01 Å². The number of hydrogen-bond donors (Lipinski definition) is 1. The number of anilines is 1. The highest BCUT2D eigenvalue weighted by molar-refractivity contribution is 7.08. The van der Waals surface area contributed by atoms with Crippen molar-refractivity contribution in [2.45, 2.75) is 19.8 Å². The Kier molecular flexibility index (Phi) is 4.29. The van der Waals surface area contributed by atoms with Gasteiger partial charge in [-0.05, 0) is 29.0 Å². The van der Waals surface area contributed by atoms with Gasteiger partial charge >= 0.3 is 6.01 Å². The first kappa shape index (κ1) is 14.5. The maximum absolute atomic E-state index is 12.0. The number of aromatic nitrogens is 2. The van der Waals surface area contributed by atoms with Crippen LogP contribution in [0.5, 0.6) is 0 Å². The summed E-state index contributed by atoms with van der Waals surface area (Å²) in [5.41, 5.74) is 3.06. The molecule has 0 aliphatic rings. The van der Waals surface area contributed by atoms with Gasteiger partial charge in [-0.2, -0.15) is 11.3 Å². The van der Waals surface area contributed by atoms with Gasteiger partial charge in [0.2, 0.25) is 5.91 Å². The van der Waals surface area contributed by atoms with Crippen molar-refractivity contribution in [3.63, 3.8) is 0 Å². The van der Waals surface area contributed by atoms with Crippen LogP contribution >= 0.6 is 11.3 Å². The van der Waals surface area contributed by atoms with E-state index in [9.17, 15) is 4.79 Å². The molecule has 1 amide bonds. The van der Waals surface area contributed by atoms with E-state index in [1.807, 2.05) is 41.1 Å². The zero-order valence-electron chi connectivity index (χ0n) is 12.1. The number of benzene rings is 1. The van der Waals surface area contributed by atoms with Crippen LogP contribution in [0.3, 0.4) is 0 Å². The smallest absolute Gasteiger partial charge is 0.322 e. The molecule has 22 heavy (non-hydrogen) atoms. The summed E-state index contributed by atoms with van der Waals surface area (Å²) in [6, 6.07) is 10.00. The monoisotopic (exact) mass is 313 g/mol. The first-order valence-electron chi connectivity index (χ1n) is 6.98. The number of nitrogens with zero attached hydrogens (tertiary/aromatic N) is 2. The minimum atomic E-state index is -0.176. The number of rotatable bonds is 5. The van der Waals surface area contributed by atoms with Gasteiger partial charge in [0, 0.05) is 10.9 Å². The molecule has 0 fully saturated rings. The van der Waals surface area contributed by atoms with Gasteiger partial charge in [0.05, 0.1) is 6.42 Å². The van der Waals surface area contributed by atoms with Gasteiger partial charge in [0.25, 0.3) is 5.89 Å². The maximum atomic E-state index is 12.0. The molecule has 2 aromatic heterocycles. The Labute approximate surface area is 132 Å². The Morgan fingerprint density at radius 2 is 1.95 bits per heavy atom. The van der Waals surface area contributed by atoms with E-state index < -0.39 is 0 Å². The van der Waals surface area contributed by atoms with E-state index in [2.05, 4.69) is 22.4 Å². The van der Waals surface area contributed by atoms with Crippen LogP contribution in [0, 0.1) is 0 Å². The van der Waals surface area contributed by atoms with E-state index in [1.54, 1.807) is 11.3 Å². The molecule has 6 heteroatoms. The third-order valence-corrected chi connectivity index (χ3v) is 3.92. The topological polar surface area (TPSA) is 68.0 Å². The molecule has 112 valence electrons. The van der Waals surface area contributed by atoms with Crippen molar-refractivity contribution in [1.82, 2.24) is 10.2 Å². The number of carbonyl (C=O) groups is 1. The summed E-state index contributed by atoms with van der Waals surface area (Å²) in [5, 5.41) is 14.2. The summed E-state index contributed by atoms with van der Waals surface area (Å²) in [5.74, 6) is 0.230. The molecule has 0 unspecified atom stereocenters. The van der Waals surface area contributed by atoms with E-state index in [0.29, 0.717) is 5.89 Å². The number of hydrogen-bond acceptors (Lipinski definition) is 5. The fourth-order valence-electron chi connectivity index (χ4n) is 2.02. The Balaban J connectivity index is 1.61. The van der Waals surface area contributed by atoms with Crippen LogP contribution in [0.15, 0.2) is 45.5 Å². The molecule has 0 saturated heterocycles. The van der Waals surface area contributed by atoms with Gasteiger partial charge in [-0.15, -0.1) is 5.10 Å². The third-order valence-electron chi connectivity index (χ3n) is 3.24. The van der Waals surface area contributed by atoms with Crippen molar-refractivity contribution in [3.8, 4) is 11.5 Å². The Morgan fingerprint density at radius 3 is 2.64 bits per heavy atom. The standard InChI is InChI=1S/C16H15N3O2S/c1-2-11-3-5-12(6-4-11)9-14(20)17-16-19-18-15(21-16)13-7-8-22-10-13/h3-8,10H,2,9H2,1H3,(H,17,19,20). The first-order valence-corrected chi connectivity index (χ1v) is 7.92. The molecule has 5 nitrogen and oxygen atoms in total. The molecule has 0 radical (unpaired) electrons. The summed E-state index contributed by atoms with van der Waals surface area (Å²) in [6.07, 6.45) is 1.26. The number of nitrogens with one attached hydrogen (secondary N) is 1. The van der Waals surface area contributed by atoms with E-state index in [1.165, 1.54) is 5.56 Å². The molecule has 3 rings (SSSR count). The lowest BCUT2D eigenvalue weighted by Crippen LogP contribution is -2.14. The highest BCUT2D eigenvalue weighted by Crippen LogP contribution is 2.22. The average molecular weight is 313 g/mol. The minimum Gasteiger partial charge on any atom is -0.403 e. The number of amides is 1. The SMILES string of the molecule is CCc1ccc(CC(=O)Nc2nnc(-c3ccsc3)o2)cc1. The Morgan fingerprint density at radius 1 is 1.18 bits per heavy atom. The van der Waals surface area contributed by atoms with E-state index in [-0.39, 0.29) is 18.3 Å². The van der Waals surface area contributed by atoms with E-state index >= 15 is 0 Å². The molecule has 2 heterocycles. The molecule has 1 N–H and O–H groups in total. The van der Waals surface area contributed by atoms with E-state index in [4.69, 9.17) is 4.42 Å². The summed E-state index contributed by atoms with van der Waals surface area (Å²) in [6.45, 7) is 2.10. The zero-order chi connectivity index (χ0) is 15.4. The second kappa shape index (κ2) is 6.53.